The number of nitrogens with zero attached hydrogens (tertiary/aromatic N) is 1. The Morgan fingerprint density at radius 3 is 2.75 bits per heavy atom. The van der Waals surface area contributed by atoms with Crippen molar-refractivity contribution in [2.75, 3.05) is 0 Å². The Bertz CT molecular complexity index is 494. The van der Waals surface area contributed by atoms with Gasteiger partial charge in [-0.15, -0.1) is 0 Å². The molecule has 1 aromatic rings. The molecule has 2 heterocycles. The first-order valence-corrected chi connectivity index (χ1v) is 7.03. The molecule has 1 fully saturated rings. The van der Waals surface area contributed by atoms with Crippen molar-refractivity contribution in [1.82, 2.24) is 15.6 Å². The third-order valence-electron chi connectivity index (χ3n) is 3.38. The maximum Gasteiger partial charge on any atom is 0.222 e. The van der Waals surface area contributed by atoms with Gasteiger partial charge in [-0.05, 0) is 44.4 Å². The molecule has 1 aromatic heterocycles. The molecule has 1 aliphatic rings. The van der Waals surface area contributed by atoms with Gasteiger partial charge in [0.25, 0.3) is 0 Å². The van der Waals surface area contributed by atoms with Crippen molar-refractivity contribution >= 4 is 11.8 Å². The molecular weight excluding hydrogens is 254 g/mol. The van der Waals surface area contributed by atoms with Gasteiger partial charge in [-0.3, -0.25) is 14.6 Å². The van der Waals surface area contributed by atoms with E-state index in [2.05, 4.69) is 15.6 Å². The van der Waals surface area contributed by atoms with E-state index in [1.807, 2.05) is 26.0 Å². The molecule has 0 aromatic carbocycles. The Kier molecular flexibility index (Phi) is 4.71. The Labute approximate surface area is 119 Å². The van der Waals surface area contributed by atoms with Crippen molar-refractivity contribution in [1.29, 1.82) is 0 Å². The van der Waals surface area contributed by atoms with Crippen molar-refractivity contribution in [3.05, 3.63) is 29.1 Å². The van der Waals surface area contributed by atoms with Crippen LogP contribution in [0.5, 0.6) is 0 Å². The van der Waals surface area contributed by atoms with Crippen LogP contribution in [0, 0.1) is 13.8 Å². The summed E-state index contributed by atoms with van der Waals surface area (Å²) in [6.07, 6.45) is 2.68. The zero-order valence-corrected chi connectivity index (χ0v) is 12.0. The fraction of sp³-hybridized carbons (Fsp3) is 0.533. The Balaban J connectivity index is 1.81. The lowest BCUT2D eigenvalue weighted by molar-refractivity contribution is -0.125. The van der Waals surface area contributed by atoms with Gasteiger partial charge in [-0.1, -0.05) is 0 Å². The van der Waals surface area contributed by atoms with Crippen molar-refractivity contribution in [2.24, 2.45) is 0 Å². The third kappa shape index (κ3) is 4.33. The highest BCUT2D eigenvalue weighted by molar-refractivity contribution is 5.80. The van der Waals surface area contributed by atoms with Crippen LogP contribution in [-0.4, -0.2) is 22.8 Å². The molecule has 5 heteroatoms. The predicted molar refractivity (Wildman–Crippen MR) is 76.0 cm³/mol. The lowest BCUT2D eigenvalue weighted by atomic mass is 10.0. The van der Waals surface area contributed by atoms with E-state index in [-0.39, 0.29) is 17.9 Å². The monoisotopic (exact) mass is 275 g/mol. The van der Waals surface area contributed by atoms with Crippen LogP contribution >= 0.6 is 0 Å². The Morgan fingerprint density at radius 2 is 2.10 bits per heavy atom. The minimum absolute atomic E-state index is 0.0165. The highest BCUT2D eigenvalue weighted by Gasteiger charge is 2.20. The average Bonchev–Trinajstić information content (AvgIpc) is 2.35. The number of carbonyl (C=O) groups is 2. The van der Waals surface area contributed by atoms with Crippen LogP contribution in [0.4, 0.5) is 0 Å². The van der Waals surface area contributed by atoms with Crippen LogP contribution in [0.3, 0.4) is 0 Å². The number of amides is 2. The first kappa shape index (κ1) is 14.5. The fourth-order valence-corrected chi connectivity index (χ4v) is 2.55. The molecule has 2 N–H and O–H groups in total. The zero-order chi connectivity index (χ0) is 14.5. The van der Waals surface area contributed by atoms with E-state index >= 15 is 0 Å². The van der Waals surface area contributed by atoms with Gasteiger partial charge in [0.2, 0.25) is 11.8 Å². The molecule has 0 saturated carbocycles. The van der Waals surface area contributed by atoms with E-state index in [9.17, 15) is 9.59 Å². The number of nitrogens with one attached hydrogen (secondary N) is 2. The largest absolute Gasteiger partial charge is 0.353 e. The topological polar surface area (TPSA) is 71.1 Å². The van der Waals surface area contributed by atoms with Crippen LogP contribution in [-0.2, 0) is 16.1 Å². The van der Waals surface area contributed by atoms with E-state index < -0.39 is 0 Å². The summed E-state index contributed by atoms with van der Waals surface area (Å²) in [5.41, 5.74) is 2.96. The van der Waals surface area contributed by atoms with Crippen LogP contribution in [0.15, 0.2) is 12.1 Å². The van der Waals surface area contributed by atoms with Crippen molar-refractivity contribution in [2.45, 2.75) is 52.1 Å². The van der Waals surface area contributed by atoms with Gasteiger partial charge < -0.3 is 10.6 Å². The summed E-state index contributed by atoms with van der Waals surface area (Å²) in [5, 5.41) is 5.75. The molecular formula is C15H21N3O2. The van der Waals surface area contributed by atoms with Crippen LogP contribution in [0.1, 0.15) is 42.6 Å². The SMILES string of the molecule is Cc1cc(CNC(=O)CC2CCCC(=O)N2)cc(C)n1. The highest BCUT2D eigenvalue weighted by Crippen LogP contribution is 2.11. The number of pyridine rings is 1. The molecule has 2 amide bonds. The molecule has 0 aliphatic carbocycles. The molecule has 0 radical (unpaired) electrons. The quantitative estimate of drug-likeness (QED) is 0.872. The Hall–Kier alpha value is -1.91. The standard InChI is InChI=1S/C15H21N3O2/c1-10-6-12(7-11(2)17-10)9-16-15(20)8-13-4-3-5-14(19)18-13/h6-7,13H,3-5,8-9H2,1-2H3,(H,16,20)(H,18,19). The second-order valence-corrected chi connectivity index (χ2v) is 5.40. The number of hydrogen-bond donors (Lipinski definition) is 2. The molecule has 0 bridgehead atoms. The maximum absolute atomic E-state index is 11.9. The Morgan fingerprint density at radius 1 is 1.40 bits per heavy atom. The van der Waals surface area contributed by atoms with Gasteiger partial charge in [-0.2, -0.15) is 0 Å². The van der Waals surface area contributed by atoms with Gasteiger partial charge in [0, 0.05) is 36.8 Å². The summed E-state index contributed by atoms with van der Waals surface area (Å²) in [4.78, 5) is 27.4. The van der Waals surface area contributed by atoms with E-state index in [1.165, 1.54) is 0 Å². The second kappa shape index (κ2) is 6.50. The van der Waals surface area contributed by atoms with Gasteiger partial charge in [0.05, 0.1) is 0 Å². The normalized spacial score (nSPS) is 18.5. The second-order valence-electron chi connectivity index (χ2n) is 5.40. The highest BCUT2D eigenvalue weighted by atomic mass is 16.2. The number of piperidine rings is 1. The number of hydrogen-bond acceptors (Lipinski definition) is 3. The molecule has 1 saturated heterocycles. The molecule has 5 nitrogen and oxygen atoms in total. The third-order valence-corrected chi connectivity index (χ3v) is 3.38. The molecule has 108 valence electrons. The summed E-state index contributed by atoms with van der Waals surface area (Å²) in [5.74, 6) is 0.0266. The molecule has 1 atom stereocenters. The van der Waals surface area contributed by atoms with E-state index in [1.54, 1.807) is 0 Å². The maximum atomic E-state index is 11.9. The van der Waals surface area contributed by atoms with Gasteiger partial charge in [-0.25, -0.2) is 0 Å². The lowest BCUT2D eigenvalue weighted by Crippen LogP contribution is -2.41. The summed E-state index contributed by atoms with van der Waals surface area (Å²) in [6, 6.07) is 3.92. The summed E-state index contributed by atoms with van der Waals surface area (Å²) in [7, 11) is 0. The molecule has 2 rings (SSSR count). The van der Waals surface area contributed by atoms with Crippen molar-refractivity contribution < 1.29 is 9.59 Å². The van der Waals surface area contributed by atoms with E-state index in [0.29, 0.717) is 19.4 Å². The number of aromatic nitrogens is 1. The number of aryl methyl sites for hydroxylation is 2. The minimum atomic E-state index is -0.0238. The van der Waals surface area contributed by atoms with Crippen LogP contribution in [0.2, 0.25) is 0 Å². The van der Waals surface area contributed by atoms with Crippen molar-refractivity contribution in [3.8, 4) is 0 Å². The van der Waals surface area contributed by atoms with E-state index in [4.69, 9.17) is 0 Å². The molecule has 20 heavy (non-hydrogen) atoms. The van der Waals surface area contributed by atoms with E-state index in [0.717, 1.165) is 29.8 Å². The first-order chi connectivity index (χ1) is 9.52. The molecule has 1 unspecified atom stereocenters. The number of carbonyl (C=O) groups excluding carboxylic acids is 2. The number of rotatable bonds is 4. The summed E-state index contributed by atoms with van der Waals surface area (Å²) < 4.78 is 0. The predicted octanol–water partition coefficient (Wildman–Crippen LogP) is 1.37. The summed E-state index contributed by atoms with van der Waals surface area (Å²) in [6.45, 7) is 4.38. The lowest BCUT2D eigenvalue weighted by Gasteiger charge is -2.22. The summed E-state index contributed by atoms with van der Waals surface area (Å²) >= 11 is 0. The van der Waals surface area contributed by atoms with Gasteiger partial charge in [0.15, 0.2) is 0 Å². The minimum Gasteiger partial charge on any atom is -0.353 e. The fourth-order valence-electron chi connectivity index (χ4n) is 2.55. The van der Waals surface area contributed by atoms with Crippen LogP contribution in [0.25, 0.3) is 0 Å². The smallest absolute Gasteiger partial charge is 0.222 e. The van der Waals surface area contributed by atoms with Crippen LogP contribution < -0.4 is 10.6 Å². The zero-order valence-electron chi connectivity index (χ0n) is 12.0. The average molecular weight is 275 g/mol. The van der Waals surface area contributed by atoms with Gasteiger partial charge >= 0.3 is 0 Å². The molecule has 1 aliphatic heterocycles. The van der Waals surface area contributed by atoms with Crippen molar-refractivity contribution in [3.63, 3.8) is 0 Å². The van der Waals surface area contributed by atoms with Gasteiger partial charge in [0.1, 0.15) is 0 Å². The first-order valence-electron chi connectivity index (χ1n) is 7.03. The molecule has 0 spiro atoms.